The van der Waals surface area contributed by atoms with Crippen LogP contribution in [0, 0.1) is 0 Å². The van der Waals surface area contributed by atoms with Gasteiger partial charge in [-0.2, -0.15) is 0 Å². The quantitative estimate of drug-likeness (QED) is 0.925. The molecule has 18 heavy (non-hydrogen) atoms. The van der Waals surface area contributed by atoms with Gasteiger partial charge in [-0.05, 0) is 18.9 Å². The van der Waals surface area contributed by atoms with Crippen molar-refractivity contribution < 1.29 is 9.90 Å². The van der Waals surface area contributed by atoms with Crippen LogP contribution >= 0.6 is 34.5 Å². The van der Waals surface area contributed by atoms with Gasteiger partial charge >= 0.3 is 0 Å². The van der Waals surface area contributed by atoms with E-state index in [4.69, 9.17) is 28.3 Å². The zero-order chi connectivity index (χ0) is 13.1. The predicted octanol–water partition coefficient (Wildman–Crippen LogP) is 3.43. The number of carbonyl (C=O) groups excluding carboxylic acids is 1. The van der Waals surface area contributed by atoms with E-state index in [0.29, 0.717) is 20.8 Å². The smallest absolute Gasteiger partial charge is 0.256 e. The Bertz CT molecular complexity index is 430. The summed E-state index contributed by atoms with van der Waals surface area (Å²) in [4.78, 5) is 14.2. The van der Waals surface area contributed by atoms with Crippen LogP contribution in [0.1, 0.15) is 36.0 Å². The number of amides is 1. The molecule has 1 aliphatic carbocycles. The molecular formula is C12H15Cl2NO2S. The second kappa shape index (κ2) is 6.24. The Morgan fingerprint density at radius 2 is 2.11 bits per heavy atom. The fourth-order valence-corrected chi connectivity index (χ4v) is 3.86. The van der Waals surface area contributed by atoms with Crippen molar-refractivity contribution in [3.63, 3.8) is 0 Å². The summed E-state index contributed by atoms with van der Waals surface area (Å²) in [5.74, 6) is -0.121. The summed E-state index contributed by atoms with van der Waals surface area (Å²) >= 11 is 13.1. The van der Waals surface area contributed by atoms with Crippen molar-refractivity contribution in [3.05, 3.63) is 20.3 Å². The monoisotopic (exact) mass is 307 g/mol. The minimum absolute atomic E-state index is 0.0300. The van der Waals surface area contributed by atoms with Gasteiger partial charge in [-0.25, -0.2) is 0 Å². The fraction of sp³-hybridized carbons (Fsp3) is 0.583. The van der Waals surface area contributed by atoms with E-state index in [1.807, 2.05) is 0 Å². The van der Waals surface area contributed by atoms with E-state index < -0.39 is 0 Å². The Morgan fingerprint density at radius 1 is 1.44 bits per heavy atom. The number of thiophene rings is 1. The molecule has 0 aromatic carbocycles. The highest BCUT2D eigenvalue weighted by molar-refractivity contribution is 7.20. The van der Waals surface area contributed by atoms with E-state index in [1.165, 1.54) is 11.3 Å². The molecule has 1 fully saturated rings. The lowest BCUT2D eigenvalue weighted by Gasteiger charge is -2.28. The maximum atomic E-state index is 12.4. The van der Waals surface area contributed by atoms with E-state index >= 15 is 0 Å². The summed E-state index contributed by atoms with van der Waals surface area (Å²) in [6.07, 6.45) is 4.28. The molecule has 0 spiro atoms. The third-order valence-corrected chi connectivity index (χ3v) is 4.74. The van der Waals surface area contributed by atoms with Crippen LogP contribution in [-0.4, -0.2) is 35.1 Å². The highest BCUT2D eigenvalue weighted by Crippen LogP contribution is 2.33. The topological polar surface area (TPSA) is 40.5 Å². The first-order valence-electron chi connectivity index (χ1n) is 6.00. The summed E-state index contributed by atoms with van der Waals surface area (Å²) in [6.45, 7) is 0.324. The van der Waals surface area contributed by atoms with Crippen LogP contribution in [0.5, 0.6) is 0 Å². The average molecular weight is 308 g/mol. The van der Waals surface area contributed by atoms with E-state index in [2.05, 4.69) is 0 Å². The molecule has 6 heteroatoms. The molecule has 1 aromatic rings. The van der Waals surface area contributed by atoms with Crippen molar-refractivity contribution in [2.24, 2.45) is 0 Å². The molecule has 100 valence electrons. The summed E-state index contributed by atoms with van der Waals surface area (Å²) in [6, 6.07) is 1.83. The predicted molar refractivity (Wildman–Crippen MR) is 74.7 cm³/mol. The molecule has 2 rings (SSSR count). The van der Waals surface area contributed by atoms with Gasteiger partial charge in [0.05, 0.1) is 16.5 Å². The molecule has 1 heterocycles. The van der Waals surface area contributed by atoms with Gasteiger partial charge in [-0.3, -0.25) is 4.79 Å². The second-order valence-electron chi connectivity index (χ2n) is 4.40. The molecule has 1 N–H and O–H groups in total. The lowest BCUT2D eigenvalue weighted by atomic mass is 10.2. The first-order valence-corrected chi connectivity index (χ1v) is 7.57. The van der Waals surface area contributed by atoms with Crippen LogP contribution in [0.25, 0.3) is 0 Å². The second-order valence-corrected chi connectivity index (χ2v) is 6.68. The van der Waals surface area contributed by atoms with Gasteiger partial charge in [0.2, 0.25) is 0 Å². The van der Waals surface area contributed by atoms with Crippen molar-refractivity contribution in [3.8, 4) is 0 Å². The van der Waals surface area contributed by atoms with Gasteiger partial charge in [-0.15, -0.1) is 11.3 Å². The Labute approximate surface area is 120 Å². The van der Waals surface area contributed by atoms with Gasteiger partial charge in [0.25, 0.3) is 5.91 Å². The highest BCUT2D eigenvalue weighted by Gasteiger charge is 2.28. The molecule has 0 unspecified atom stereocenters. The zero-order valence-electron chi connectivity index (χ0n) is 9.86. The third-order valence-electron chi connectivity index (χ3n) is 3.25. The van der Waals surface area contributed by atoms with Crippen LogP contribution in [0.4, 0.5) is 0 Å². The lowest BCUT2D eigenvalue weighted by Crippen LogP contribution is -2.40. The first-order chi connectivity index (χ1) is 8.63. The minimum atomic E-state index is -0.121. The number of nitrogens with zero attached hydrogens (tertiary/aromatic N) is 1. The molecule has 0 saturated heterocycles. The van der Waals surface area contributed by atoms with Crippen molar-refractivity contribution >= 4 is 40.4 Å². The normalized spacial score (nSPS) is 16.2. The van der Waals surface area contributed by atoms with Gasteiger partial charge in [0.1, 0.15) is 4.34 Å². The van der Waals surface area contributed by atoms with E-state index in [1.54, 1.807) is 11.0 Å². The number of aliphatic hydroxyl groups excluding tert-OH is 1. The molecule has 0 atom stereocenters. The SMILES string of the molecule is O=C(c1cc(Cl)sc1Cl)N(CCO)C1CCCC1. The van der Waals surface area contributed by atoms with Crippen molar-refractivity contribution in [1.82, 2.24) is 4.90 Å². The maximum Gasteiger partial charge on any atom is 0.256 e. The molecule has 1 aliphatic rings. The Hall–Kier alpha value is -0.290. The highest BCUT2D eigenvalue weighted by atomic mass is 35.5. The largest absolute Gasteiger partial charge is 0.395 e. The Morgan fingerprint density at radius 3 is 2.61 bits per heavy atom. The van der Waals surface area contributed by atoms with Crippen LogP contribution < -0.4 is 0 Å². The third kappa shape index (κ3) is 2.99. The molecule has 0 aliphatic heterocycles. The molecule has 0 bridgehead atoms. The van der Waals surface area contributed by atoms with Crippen LogP contribution in [-0.2, 0) is 0 Å². The Balaban J connectivity index is 2.19. The lowest BCUT2D eigenvalue weighted by molar-refractivity contribution is 0.0639. The number of halogens is 2. The van der Waals surface area contributed by atoms with Crippen molar-refractivity contribution in [1.29, 1.82) is 0 Å². The molecular weight excluding hydrogens is 293 g/mol. The van der Waals surface area contributed by atoms with E-state index in [-0.39, 0.29) is 18.6 Å². The number of rotatable bonds is 4. The molecule has 1 saturated carbocycles. The van der Waals surface area contributed by atoms with Gasteiger partial charge in [-0.1, -0.05) is 36.0 Å². The van der Waals surface area contributed by atoms with Gasteiger partial charge in [0, 0.05) is 12.6 Å². The summed E-state index contributed by atoms with van der Waals surface area (Å²) in [7, 11) is 0. The summed E-state index contributed by atoms with van der Waals surface area (Å²) in [5, 5.41) is 9.12. The van der Waals surface area contributed by atoms with Crippen molar-refractivity contribution in [2.45, 2.75) is 31.7 Å². The van der Waals surface area contributed by atoms with Gasteiger partial charge < -0.3 is 10.0 Å². The molecule has 1 amide bonds. The number of aliphatic hydroxyl groups is 1. The van der Waals surface area contributed by atoms with Crippen LogP contribution in [0.15, 0.2) is 6.07 Å². The first kappa shape index (κ1) is 14.1. The molecule has 3 nitrogen and oxygen atoms in total. The van der Waals surface area contributed by atoms with E-state index in [0.717, 1.165) is 25.7 Å². The average Bonchev–Trinajstić information content (AvgIpc) is 2.95. The van der Waals surface area contributed by atoms with Crippen LogP contribution in [0.3, 0.4) is 0 Å². The fourth-order valence-electron chi connectivity index (χ4n) is 2.41. The van der Waals surface area contributed by atoms with Crippen LogP contribution in [0.2, 0.25) is 8.67 Å². The van der Waals surface area contributed by atoms with E-state index in [9.17, 15) is 4.79 Å². The van der Waals surface area contributed by atoms with Crippen molar-refractivity contribution in [2.75, 3.05) is 13.2 Å². The Kier molecular flexibility index (Phi) is 4.90. The maximum absolute atomic E-state index is 12.4. The standard InChI is InChI=1S/C12H15Cl2NO2S/c13-10-7-9(11(14)18-10)12(17)15(5-6-16)8-3-1-2-4-8/h7-8,16H,1-6H2. The summed E-state index contributed by atoms with van der Waals surface area (Å²) < 4.78 is 0.935. The number of carbonyl (C=O) groups is 1. The number of hydrogen-bond acceptors (Lipinski definition) is 3. The summed E-state index contributed by atoms with van der Waals surface area (Å²) in [5.41, 5.74) is 0.451. The molecule has 1 aromatic heterocycles. The number of hydrogen-bond donors (Lipinski definition) is 1. The minimum Gasteiger partial charge on any atom is -0.395 e. The zero-order valence-corrected chi connectivity index (χ0v) is 12.2. The molecule has 0 radical (unpaired) electrons. The van der Waals surface area contributed by atoms with Gasteiger partial charge in [0.15, 0.2) is 0 Å².